The number of benzene rings is 1. The average molecular weight is 380 g/mol. The highest BCUT2D eigenvalue weighted by molar-refractivity contribution is 5.95. The molecule has 2 heterocycles. The molecule has 0 aliphatic carbocycles. The predicted octanol–water partition coefficient (Wildman–Crippen LogP) is 3.89. The Hall–Kier alpha value is -2.69. The Morgan fingerprint density at radius 2 is 1.89 bits per heavy atom. The van der Waals surface area contributed by atoms with Crippen molar-refractivity contribution in [3.8, 4) is 11.3 Å². The van der Waals surface area contributed by atoms with Crippen molar-refractivity contribution >= 4 is 11.8 Å². The molecule has 1 N–H and O–H groups in total. The summed E-state index contributed by atoms with van der Waals surface area (Å²) in [6.07, 6.45) is 3.96. The Kier molecular flexibility index (Phi) is 6.45. The van der Waals surface area contributed by atoms with Crippen molar-refractivity contribution in [2.75, 3.05) is 13.1 Å². The molecule has 0 bridgehead atoms. The fraction of sp³-hybridized carbons (Fsp3) is 0.435. The second kappa shape index (κ2) is 9.00. The monoisotopic (exact) mass is 379 g/mol. The van der Waals surface area contributed by atoms with Crippen LogP contribution in [0.15, 0.2) is 36.4 Å². The number of hydrogen-bond donors (Lipinski definition) is 1. The second-order valence-electron chi connectivity index (χ2n) is 7.67. The maximum absolute atomic E-state index is 13.1. The molecular formula is C23H29N3O2. The number of hydrogen-bond acceptors (Lipinski definition) is 3. The number of aryl methyl sites for hydroxylation is 2. The molecule has 1 aliphatic rings. The normalized spacial score (nSPS) is 16.7. The molecule has 2 amide bonds. The van der Waals surface area contributed by atoms with Gasteiger partial charge in [0, 0.05) is 42.9 Å². The third-order valence-corrected chi connectivity index (χ3v) is 5.26. The highest BCUT2D eigenvalue weighted by Gasteiger charge is 2.27. The number of pyridine rings is 1. The first-order chi connectivity index (χ1) is 13.4. The van der Waals surface area contributed by atoms with E-state index >= 15 is 0 Å². The van der Waals surface area contributed by atoms with E-state index in [0.29, 0.717) is 12.1 Å². The van der Waals surface area contributed by atoms with Gasteiger partial charge in [-0.3, -0.25) is 14.6 Å². The minimum absolute atomic E-state index is 0.0238. The summed E-state index contributed by atoms with van der Waals surface area (Å²) < 4.78 is 0. The number of piperidine rings is 1. The van der Waals surface area contributed by atoms with Gasteiger partial charge in [0.1, 0.15) is 0 Å². The Labute approximate surface area is 167 Å². The number of carbonyl (C=O) groups excluding carboxylic acids is 2. The largest absolute Gasteiger partial charge is 0.356 e. The maximum atomic E-state index is 13.1. The summed E-state index contributed by atoms with van der Waals surface area (Å²) >= 11 is 0. The third-order valence-electron chi connectivity index (χ3n) is 5.26. The van der Waals surface area contributed by atoms with E-state index in [1.807, 2.05) is 36.1 Å². The van der Waals surface area contributed by atoms with Crippen LogP contribution in [0.5, 0.6) is 0 Å². The Morgan fingerprint density at radius 1 is 1.14 bits per heavy atom. The van der Waals surface area contributed by atoms with Crippen molar-refractivity contribution in [3.05, 3.63) is 53.2 Å². The van der Waals surface area contributed by atoms with Gasteiger partial charge in [0.05, 0.1) is 5.69 Å². The van der Waals surface area contributed by atoms with Gasteiger partial charge in [-0.2, -0.15) is 0 Å². The SMILES string of the molecule is CC(=O)NCC[C@@H]1CCCCN1C(=O)c1ccc(-c2cc(C)cc(C)n2)cc1. The molecule has 0 saturated carbocycles. The van der Waals surface area contributed by atoms with Crippen molar-refractivity contribution in [2.24, 2.45) is 0 Å². The Balaban J connectivity index is 1.72. The lowest BCUT2D eigenvalue weighted by molar-refractivity contribution is -0.119. The van der Waals surface area contributed by atoms with Crippen molar-refractivity contribution in [1.29, 1.82) is 0 Å². The smallest absolute Gasteiger partial charge is 0.254 e. The lowest BCUT2D eigenvalue weighted by atomic mass is 9.97. The minimum Gasteiger partial charge on any atom is -0.356 e. The molecule has 1 fully saturated rings. The van der Waals surface area contributed by atoms with Crippen LogP contribution in [0, 0.1) is 13.8 Å². The van der Waals surface area contributed by atoms with Gasteiger partial charge in [-0.15, -0.1) is 0 Å². The number of aromatic nitrogens is 1. The highest BCUT2D eigenvalue weighted by atomic mass is 16.2. The number of nitrogens with one attached hydrogen (secondary N) is 1. The quantitative estimate of drug-likeness (QED) is 0.857. The zero-order chi connectivity index (χ0) is 20.1. The lowest BCUT2D eigenvalue weighted by Gasteiger charge is -2.36. The second-order valence-corrected chi connectivity index (χ2v) is 7.67. The molecule has 0 spiro atoms. The molecule has 0 unspecified atom stereocenters. The zero-order valence-electron chi connectivity index (χ0n) is 17.0. The van der Waals surface area contributed by atoms with E-state index in [0.717, 1.165) is 49.2 Å². The molecule has 148 valence electrons. The minimum atomic E-state index is -0.0238. The van der Waals surface area contributed by atoms with Crippen molar-refractivity contribution < 1.29 is 9.59 Å². The van der Waals surface area contributed by atoms with Crippen LogP contribution in [0.2, 0.25) is 0 Å². The first-order valence-corrected chi connectivity index (χ1v) is 10.0. The molecule has 5 nitrogen and oxygen atoms in total. The summed E-state index contributed by atoms with van der Waals surface area (Å²) in [5.41, 5.74) is 4.83. The molecule has 3 rings (SSSR count). The van der Waals surface area contributed by atoms with E-state index in [4.69, 9.17) is 0 Å². The third kappa shape index (κ3) is 4.97. The van der Waals surface area contributed by atoms with E-state index in [-0.39, 0.29) is 17.9 Å². The van der Waals surface area contributed by atoms with Gasteiger partial charge in [0.2, 0.25) is 5.91 Å². The van der Waals surface area contributed by atoms with Gasteiger partial charge in [-0.1, -0.05) is 12.1 Å². The fourth-order valence-electron chi connectivity index (χ4n) is 3.92. The summed E-state index contributed by atoms with van der Waals surface area (Å²) in [5.74, 6) is 0.0525. The molecule has 1 aromatic heterocycles. The molecule has 5 heteroatoms. The molecule has 1 aromatic carbocycles. The number of rotatable bonds is 5. The van der Waals surface area contributed by atoms with Crippen molar-refractivity contribution in [2.45, 2.75) is 52.5 Å². The van der Waals surface area contributed by atoms with Gasteiger partial charge in [-0.05, 0) is 69.4 Å². The van der Waals surface area contributed by atoms with Crippen LogP contribution in [0.3, 0.4) is 0 Å². The van der Waals surface area contributed by atoms with Crippen LogP contribution in [-0.4, -0.2) is 40.8 Å². The lowest BCUT2D eigenvalue weighted by Crippen LogP contribution is -2.45. The van der Waals surface area contributed by atoms with E-state index in [1.54, 1.807) is 0 Å². The molecular weight excluding hydrogens is 350 g/mol. The van der Waals surface area contributed by atoms with Crippen LogP contribution in [0.25, 0.3) is 11.3 Å². The van der Waals surface area contributed by atoms with Gasteiger partial charge in [-0.25, -0.2) is 0 Å². The van der Waals surface area contributed by atoms with Gasteiger partial charge >= 0.3 is 0 Å². The molecule has 2 aromatic rings. The number of nitrogens with zero attached hydrogens (tertiary/aromatic N) is 2. The van der Waals surface area contributed by atoms with Gasteiger partial charge in [0.15, 0.2) is 0 Å². The van der Waals surface area contributed by atoms with E-state index in [1.165, 1.54) is 12.5 Å². The topological polar surface area (TPSA) is 62.3 Å². The summed E-state index contributed by atoms with van der Waals surface area (Å²) in [6.45, 7) is 6.97. The van der Waals surface area contributed by atoms with Crippen molar-refractivity contribution in [3.63, 3.8) is 0 Å². The van der Waals surface area contributed by atoms with Crippen LogP contribution in [0.1, 0.15) is 54.2 Å². The summed E-state index contributed by atoms with van der Waals surface area (Å²) in [7, 11) is 0. The summed E-state index contributed by atoms with van der Waals surface area (Å²) in [5, 5.41) is 2.84. The molecule has 1 atom stereocenters. The first-order valence-electron chi connectivity index (χ1n) is 10.0. The number of carbonyl (C=O) groups is 2. The van der Waals surface area contributed by atoms with Gasteiger partial charge in [0.25, 0.3) is 5.91 Å². The van der Waals surface area contributed by atoms with E-state index in [2.05, 4.69) is 29.4 Å². The summed E-state index contributed by atoms with van der Waals surface area (Å²) in [4.78, 5) is 30.8. The molecule has 0 radical (unpaired) electrons. The number of amides is 2. The molecule has 28 heavy (non-hydrogen) atoms. The average Bonchev–Trinajstić information content (AvgIpc) is 2.67. The predicted molar refractivity (Wildman–Crippen MR) is 111 cm³/mol. The van der Waals surface area contributed by atoms with E-state index < -0.39 is 0 Å². The Bertz CT molecular complexity index is 825. The number of likely N-dealkylation sites (tertiary alicyclic amines) is 1. The Morgan fingerprint density at radius 3 is 2.57 bits per heavy atom. The molecule has 1 aliphatic heterocycles. The zero-order valence-corrected chi connectivity index (χ0v) is 17.0. The fourth-order valence-corrected chi connectivity index (χ4v) is 3.92. The first kappa shape index (κ1) is 20.1. The molecule has 1 saturated heterocycles. The highest BCUT2D eigenvalue weighted by Crippen LogP contribution is 2.24. The standard InChI is InChI=1S/C23H29N3O2/c1-16-14-17(2)25-22(15-16)19-7-9-20(10-8-19)23(28)26-13-5-4-6-21(26)11-12-24-18(3)27/h7-10,14-15,21H,4-6,11-13H2,1-3H3,(H,24,27)/t21-/m0/s1. The van der Waals surface area contributed by atoms with Crippen LogP contribution in [0.4, 0.5) is 0 Å². The van der Waals surface area contributed by atoms with Gasteiger partial charge < -0.3 is 10.2 Å². The van der Waals surface area contributed by atoms with Crippen molar-refractivity contribution in [1.82, 2.24) is 15.2 Å². The van der Waals surface area contributed by atoms with Crippen LogP contribution >= 0.6 is 0 Å². The summed E-state index contributed by atoms with van der Waals surface area (Å²) in [6, 6.07) is 12.1. The maximum Gasteiger partial charge on any atom is 0.254 e. The van der Waals surface area contributed by atoms with Crippen LogP contribution in [-0.2, 0) is 4.79 Å². The van der Waals surface area contributed by atoms with Crippen LogP contribution < -0.4 is 5.32 Å². The van der Waals surface area contributed by atoms with E-state index in [9.17, 15) is 9.59 Å².